The molecule has 0 spiro atoms. The first-order valence-electron chi connectivity index (χ1n) is 5.40. The van der Waals surface area contributed by atoms with Crippen LogP contribution in [0.15, 0.2) is 18.2 Å². The Morgan fingerprint density at radius 1 is 1.47 bits per heavy atom. The molecule has 0 atom stereocenters. The van der Waals surface area contributed by atoms with Crippen LogP contribution in [0.3, 0.4) is 0 Å². The first-order valence-corrected chi connectivity index (χ1v) is 5.78. The quantitative estimate of drug-likeness (QED) is 0.817. The summed E-state index contributed by atoms with van der Waals surface area (Å²) >= 11 is 5.88. The van der Waals surface area contributed by atoms with E-state index in [1.807, 2.05) is 0 Å². The van der Waals surface area contributed by atoms with Crippen LogP contribution in [-0.4, -0.2) is 38.1 Å². The lowest BCUT2D eigenvalue weighted by atomic mass is 10.2. The second-order valence-electron chi connectivity index (χ2n) is 3.83. The van der Waals surface area contributed by atoms with Gasteiger partial charge in [-0.15, -0.1) is 0 Å². The summed E-state index contributed by atoms with van der Waals surface area (Å²) in [6, 6.07) is 4.99. The predicted octanol–water partition coefficient (Wildman–Crippen LogP) is 1.77. The number of hydrogen-bond acceptors (Lipinski definition) is 3. The molecule has 5 heteroatoms. The molecule has 0 aliphatic heterocycles. The molecule has 1 aromatic rings. The third-order valence-electron chi connectivity index (χ3n) is 2.19. The van der Waals surface area contributed by atoms with E-state index in [4.69, 9.17) is 22.1 Å². The second-order valence-corrected chi connectivity index (χ2v) is 4.27. The Morgan fingerprint density at radius 3 is 2.76 bits per heavy atom. The summed E-state index contributed by atoms with van der Waals surface area (Å²) < 4.78 is 5.52. The van der Waals surface area contributed by atoms with E-state index in [2.05, 4.69) is 0 Å². The zero-order valence-corrected chi connectivity index (χ0v) is 10.8. The summed E-state index contributed by atoms with van der Waals surface area (Å²) in [5.74, 6) is 0.397. The van der Waals surface area contributed by atoms with Gasteiger partial charge in [0.25, 0.3) is 5.91 Å². The highest BCUT2D eigenvalue weighted by atomic mass is 35.5. The molecule has 1 amide bonds. The van der Waals surface area contributed by atoms with E-state index >= 15 is 0 Å². The van der Waals surface area contributed by atoms with Crippen molar-refractivity contribution in [3.8, 4) is 5.75 Å². The molecule has 1 rings (SSSR count). The Bertz CT molecular complexity index is 394. The van der Waals surface area contributed by atoms with Gasteiger partial charge in [0, 0.05) is 19.1 Å². The van der Waals surface area contributed by atoms with E-state index in [0.717, 1.165) is 6.42 Å². The standard InChI is InChI=1S/C12H17ClN2O2/c1-15(2)12(16)10-5-4-9(13)8-11(10)17-7-3-6-14/h4-5,8H,3,6-7,14H2,1-2H3. The molecule has 0 heterocycles. The van der Waals surface area contributed by atoms with Crippen LogP contribution >= 0.6 is 11.6 Å². The number of ether oxygens (including phenoxy) is 1. The maximum absolute atomic E-state index is 11.9. The fourth-order valence-electron chi connectivity index (χ4n) is 1.30. The molecular weight excluding hydrogens is 240 g/mol. The molecule has 94 valence electrons. The Morgan fingerprint density at radius 2 is 2.18 bits per heavy atom. The van der Waals surface area contributed by atoms with Crippen LogP contribution < -0.4 is 10.5 Å². The van der Waals surface area contributed by atoms with Gasteiger partial charge >= 0.3 is 0 Å². The molecule has 2 N–H and O–H groups in total. The molecule has 17 heavy (non-hydrogen) atoms. The maximum Gasteiger partial charge on any atom is 0.257 e. The van der Waals surface area contributed by atoms with Crippen molar-refractivity contribution in [1.29, 1.82) is 0 Å². The van der Waals surface area contributed by atoms with E-state index in [1.54, 1.807) is 32.3 Å². The lowest BCUT2D eigenvalue weighted by molar-refractivity contribution is 0.0823. The van der Waals surface area contributed by atoms with Crippen molar-refractivity contribution >= 4 is 17.5 Å². The van der Waals surface area contributed by atoms with Crippen LogP contribution in [0.1, 0.15) is 16.8 Å². The van der Waals surface area contributed by atoms with Gasteiger partial charge in [0.15, 0.2) is 0 Å². The number of nitrogens with two attached hydrogens (primary N) is 1. The molecule has 4 nitrogen and oxygen atoms in total. The molecule has 1 aromatic carbocycles. The molecular formula is C12H17ClN2O2. The van der Waals surface area contributed by atoms with E-state index in [1.165, 1.54) is 4.90 Å². The van der Waals surface area contributed by atoms with Crippen LogP contribution in [0.25, 0.3) is 0 Å². The Hall–Kier alpha value is -1.26. The normalized spacial score (nSPS) is 10.1. The first kappa shape index (κ1) is 13.8. The van der Waals surface area contributed by atoms with Gasteiger partial charge in [-0.25, -0.2) is 0 Å². The summed E-state index contributed by atoms with van der Waals surface area (Å²) in [5.41, 5.74) is 5.90. The van der Waals surface area contributed by atoms with Gasteiger partial charge in [-0.1, -0.05) is 11.6 Å². The molecule has 0 aromatic heterocycles. The highest BCUT2D eigenvalue weighted by molar-refractivity contribution is 6.30. The number of hydrogen-bond donors (Lipinski definition) is 1. The fraction of sp³-hybridized carbons (Fsp3) is 0.417. The van der Waals surface area contributed by atoms with Crippen molar-refractivity contribution in [3.63, 3.8) is 0 Å². The van der Waals surface area contributed by atoms with Crippen molar-refractivity contribution in [2.24, 2.45) is 5.73 Å². The van der Waals surface area contributed by atoms with E-state index < -0.39 is 0 Å². The molecule has 0 radical (unpaired) electrons. The predicted molar refractivity (Wildman–Crippen MR) is 68.6 cm³/mol. The van der Waals surface area contributed by atoms with Gasteiger partial charge in [0.1, 0.15) is 5.75 Å². The van der Waals surface area contributed by atoms with Gasteiger partial charge in [-0.2, -0.15) is 0 Å². The van der Waals surface area contributed by atoms with Crippen LogP contribution in [0.4, 0.5) is 0 Å². The minimum atomic E-state index is -0.107. The maximum atomic E-state index is 11.9. The summed E-state index contributed by atoms with van der Waals surface area (Å²) in [7, 11) is 3.39. The van der Waals surface area contributed by atoms with Crippen molar-refractivity contribution in [2.75, 3.05) is 27.2 Å². The third kappa shape index (κ3) is 3.91. The minimum Gasteiger partial charge on any atom is -0.493 e. The highest BCUT2D eigenvalue weighted by Crippen LogP contribution is 2.24. The van der Waals surface area contributed by atoms with Gasteiger partial charge in [0.05, 0.1) is 12.2 Å². The molecule has 0 saturated carbocycles. The molecule has 0 unspecified atom stereocenters. The molecule has 0 saturated heterocycles. The zero-order valence-electron chi connectivity index (χ0n) is 10.1. The van der Waals surface area contributed by atoms with Crippen molar-refractivity contribution in [3.05, 3.63) is 28.8 Å². The van der Waals surface area contributed by atoms with Crippen molar-refractivity contribution in [2.45, 2.75) is 6.42 Å². The number of benzene rings is 1. The smallest absolute Gasteiger partial charge is 0.257 e. The lowest BCUT2D eigenvalue weighted by Crippen LogP contribution is -2.22. The first-order chi connectivity index (χ1) is 8.06. The summed E-state index contributed by atoms with van der Waals surface area (Å²) in [4.78, 5) is 13.4. The van der Waals surface area contributed by atoms with Gasteiger partial charge < -0.3 is 15.4 Å². The van der Waals surface area contributed by atoms with Crippen LogP contribution in [0, 0.1) is 0 Å². The Labute approximate surface area is 106 Å². The topological polar surface area (TPSA) is 55.6 Å². The number of amides is 1. The zero-order chi connectivity index (χ0) is 12.8. The number of halogens is 1. The van der Waals surface area contributed by atoms with Gasteiger partial charge in [0.2, 0.25) is 0 Å². The summed E-state index contributed by atoms with van der Waals surface area (Å²) in [6.45, 7) is 1.03. The van der Waals surface area contributed by atoms with Crippen molar-refractivity contribution < 1.29 is 9.53 Å². The fourth-order valence-corrected chi connectivity index (χ4v) is 1.46. The summed E-state index contributed by atoms with van der Waals surface area (Å²) in [6.07, 6.45) is 0.738. The van der Waals surface area contributed by atoms with Crippen LogP contribution in [0.2, 0.25) is 5.02 Å². The number of nitrogens with zero attached hydrogens (tertiary/aromatic N) is 1. The van der Waals surface area contributed by atoms with E-state index in [9.17, 15) is 4.79 Å². The third-order valence-corrected chi connectivity index (χ3v) is 2.42. The van der Waals surface area contributed by atoms with Crippen molar-refractivity contribution in [1.82, 2.24) is 4.90 Å². The van der Waals surface area contributed by atoms with E-state index in [0.29, 0.717) is 29.5 Å². The van der Waals surface area contributed by atoms with Crippen LogP contribution in [0.5, 0.6) is 5.75 Å². The Balaban J connectivity index is 2.91. The number of rotatable bonds is 5. The molecule has 0 aliphatic carbocycles. The highest BCUT2D eigenvalue weighted by Gasteiger charge is 2.14. The molecule has 0 bridgehead atoms. The summed E-state index contributed by atoms with van der Waals surface area (Å²) in [5, 5.41) is 0.544. The van der Waals surface area contributed by atoms with Crippen LogP contribution in [-0.2, 0) is 0 Å². The lowest BCUT2D eigenvalue weighted by Gasteiger charge is -2.15. The SMILES string of the molecule is CN(C)C(=O)c1ccc(Cl)cc1OCCCN. The number of carbonyl (C=O) groups excluding carboxylic acids is 1. The largest absolute Gasteiger partial charge is 0.493 e. The minimum absolute atomic E-state index is 0.107. The van der Waals surface area contributed by atoms with Gasteiger partial charge in [-0.05, 0) is 31.2 Å². The average Bonchev–Trinajstić information content (AvgIpc) is 2.28. The van der Waals surface area contributed by atoms with E-state index in [-0.39, 0.29) is 5.91 Å². The Kier molecular flexibility index (Phi) is 5.25. The second kappa shape index (κ2) is 6.47. The molecule has 0 fully saturated rings. The molecule has 0 aliphatic rings. The average molecular weight is 257 g/mol. The monoisotopic (exact) mass is 256 g/mol. The number of carbonyl (C=O) groups is 1. The van der Waals surface area contributed by atoms with Gasteiger partial charge in [-0.3, -0.25) is 4.79 Å².